The van der Waals surface area contributed by atoms with Crippen LogP contribution in [0.25, 0.3) is 0 Å². The monoisotopic (exact) mass is 848 g/mol. The van der Waals surface area contributed by atoms with Crippen LogP contribution >= 0.6 is 32.9 Å². The van der Waals surface area contributed by atoms with Crippen LogP contribution < -0.4 is 0 Å². The maximum absolute atomic E-state index is 15.4. The van der Waals surface area contributed by atoms with Crippen molar-refractivity contribution in [2.24, 2.45) is 0 Å². The van der Waals surface area contributed by atoms with Crippen LogP contribution in [-0.4, -0.2) is 30.7 Å². The molecule has 0 aromatic heterocycles. The number of esters is 1. The first-order valence-corrected chi connectivity index (χ1v) is 22.4. The number of unbranched alkanes of at least 4 members (excludes halogenated alkanes) is 16. The number of halogens is 4. The Bertz CT molecular complexity index is 1440. The van der Waals surface area contributed by atoms with Crippen molar-refractivity contribution < 1.29 is 34.7 Å². The molecule has 0 unspecified atom stereocenters. The second-order valence-corrected chi connectivity index (χ2v) is 18.1. The van der Waals surface area contributed by atoms with Gasteiger partial charge in [0, 0.05) is 14.7 Å². The van der Waals surface area contributed by atoms with Crippen molar-refractivity contribution >= 4 is 49.0 Å². The van der Waals surface area contributed by atoms with E-state index in [1.165, 1.54) is 93.6 Å². The molecule has 0 aliphatic heterocycles. The highest BCUT2D eigenvalue weighted by molar-refractivity contribution is 14.1. The lowest BCUT2D eigenvalue weighted by atomic mass is 10.0. The first-order valence-electron chi connectivity index (χ1n) is 17.9. The molecule has 0 aliphatic carbocycles. The van der Waals surface area contributed by atoms with Crippen LogP contribution in [0.5, 0.6) is 0 Å². The quantitative estimate of drug-likeness (QED) is 0.0348. The van der Waals surface area contributed by atoms with Crippen molar-refractivity contribution in [2.75, 3.05) is 11.0 Å². The molecular weight excluding hydrogens is 796 g/mol. The summed E-state index contributed by atoms with van der Waals surface area (Å²) in [5, 5.41) is -4.98. The summed E-state index contributed by atoms with van der Waals surface area (Å²) in [6, 6.07) is 20.8. The van der Waals surface area contributed by atoms with Crippen molar-refractivity contribution in [3.8, 4) is 0 Å². The molecule has 0 radical (unpaired) electrons. The fraction of sp³-hybridized carbons (Fsp3) is 0.513. The van der Waals surface area contributed by atoms with Gasteiger partial charge in [-0.05, 0) is 76.1 Å². The number of ether oxygens (including phenoxy) is 1. The Balaban J connectivity index is 1.45. The number of hydrogen-bond acceptors (Lipinski definition) is 5. The first kappa shape index (κ1) is 42.3. The minimum atomic E-state index is -5.91. The van der Waals surface area contributed by atoms with Gasteiger partial charge >= 0.3 is 21.3 Å². The fourth-order valence-corrected chi connectivity index (χ4v) is 11.3. The summed E-state index contributed by atoms with van der Waals surface area (Å²) >= 11 is 2.44. The van der Waals surface area contributed by atoms with Gasteiger partial charge in [0.1, 0.15) is 5.82 Å². The van der Waals surface area contributed by atoms with Crippen LogP contribution in [0.1, 0.15) is 109 Å². The average Bonchev–Trinajstić information content (AvgIpc) is 3.12. The highest BCUT2D eigenvalue weighted by Crippen LogP contribution is 2.70. The fourth-order valence-electron chi connectivity index (χ4n) is 5.75. The van der Waals surface area contributed by atoms with E-state index >= 15 is 8.78 Å². The van der Waals surface area contributed by atoms with Crippen molar-refractivity contribution in [1.82, 2.24) is 0 Å². The van der Waals surface area contributed by atoms with Crippen molar-refractivity contribution in [3.05, 3.63) is 90.7 Å². The molecule has 0 atom stereocenters. The third-order valence-corrected chi connectivity index (χ3v) is 14.4. The van der Waals surface area contributed by atoms with Crippen LogP contribution in [-0.2, 0) is 23.3 Å². The molecule has 0 fully saturated rings. The van der Waals surface area contributed by atoms with Gasteiger partial charge in [0.05, 0.1) is 6.61 Å². The third-order valence-electron chi connectivity index (χ3n) is 8.55. The molecule has 3 aromatic carbocycles. The van der Waals surface area contributed by atoms with Crippen LogP contribution in [0.4, 0.5) is 13.2 Å². The van der Waals surface area contributed by atoms with E-state index in [9.17, 15) is 17.6 Å². The van der Waals surface area contributed by atoms with E-state index < -0.39 is 37.5 Å². The number of carbonyl (C=O) groups excluding carboxylic acids is 1. The van der Waals surface area contributed by atoms with Gasteiger partial charge in [-0.1, -0.05) is 155 Å². The van der Waals surface area contributed by atoms with Gasteiger partial charge in [0.2, 0.25) is 0 Å². The lowest BCUT2D eigenvalue weighted by Gasteiger charge is -2.39. The summed E-state index contributed by atoms with van der Waals surface area (Å²) in [5.74, 6) is -2.78. The van der Waals surface area contributed by atoms with E-state index in [1.807, 2.05) is 0 Å². The van der Waals surface area contributed by atoms with Crippen LogP contribution in [0.15, 0.2) is 99.6 Å². The minimum absolute atomic E-state index is 0.155. The summed E-state index contributed by atoms with van der Waals surface area (Å²) in [5.41, 5.74) is 0. The lowest BCUT2D eigenvalue weighted by molar-refractivity contribution is -0.161. The summed E-state index contributed by atoms with van der Waals surface area (Å²) in [7, 11) is -9.33. The topological polar surface area (TPSA) is 69.7 Å². The van der Waals surface area contributed by atoms with Gasteiger partial charge in [0.15, 0.2) is 0 Å². The average molecular weight is 849 g/mol. The number of hydrogen-bond donors (Lipinski definition) is 0. The van der Waals surface area contributed by atoms with Crippen LogP contribution in [0.3, 0.4) is 0 Å². The van der Waals surface area contributed by atoms with E-state index in [4.69, 9.17) is 8.37 Å². The van der Waals surface area contributed by atoms with Gasteiger partial charge in [-0.3, -0.25) is 0 Å². The Kier molecular flexibility index (Phi) is 19.3. The SMILES string of the molecule is O=C(OCCCCCCCCCCCCCCCCCCCI)C(F)(F)S(=O)(=O)OS(c1ccccc1)(c1ccccc1)c1ccc(F)cc1. The molecule has 0 bridgehead atoms. The Morgan fingerprint density at radius 1 is 0.560 bits per heavy atom. The standard InChI is InChI=1S/C39H52F3IO5S2/c40-34-28-30-37(31-29-34)49(35-24-18-16-19-25-35,36-26-20-17-21-27-36)48-50(45,46)39(41,42)38(44)47-33-23-15-13-11-9-7-5-3-1-2-4-6-8-10-12-14-22-32-43/h16-21,24-31H,1-15,22-23,32-33H2. The summed E-state index contributed by atoms with van der Waals surface area (Å²) in [6.45, 7) is -0.324. The molecule has 3 aromatic rings. The van der Waals surface area contributed by atoms with Gasteiger partial charge < -0.3 is 4.74 Å². The number of alkyl halides is 3. The zero-order valence-electron chi connectivity index (χ0n) is 28.9. The number of carbonyl (C=O) groups is 1. The molecule has 11 heteroatoms. The van der Waals surface area contributed by atoms with E-state index in [0.717, 1.165) is 31.4 Å². The second kappa shape index (κ2) is 22.8. The van der Waals surface area contributed by atoms with Gasteiger partial charge in [-0.25, -0.2) is 12.8 Å². The molecule has 0 heterocycles. The molecule has 0 aliphatic rings. The Labute approximate surface area is 312 Å². The van der Waals surface area contributed by atoms with Gasteiger partial charge in [0.25, 0.3) is 0 Å². The predicted molar refractivity (Wildman–Crippen MR) is 205 cm³/mol. The molecule has 0 spiro atoms. The summed E-state index contributed by atoms with van der Waals surface area (Å²) < 4.78 is 83.1. The van der Waals surface area contributed by atoms with E-state index in [1.54, 1.807) is 60.7 Å². The van der Waals surface area contributed by atoms with E-state index in [0.29, 0.717) is 12.8 Å². The van der Waals surface area contributed by atoms with Crippen molar-refractivity contribution in [3.63, 3.8) is 0 Å². The van der Waals surface area contributed by atoms with Gasteiger partial charge in [-0.15, -0.1) is 0 Å². The van der Waals surface area contributed by atoms with E-state index in [-0.39, 0.29) is 21.3 Å². The highest BCUT2D eigenvalue weighted by atomic mass is 127. The first-order chi connectivity index (χ1) is 24.1. The molecule has 0 amide bonds. The Hall–Kier alpha value is -2.09. The van der Waals surface area contributed by atoms with Gasteiger partial charge in [-0.2, -0.15) is 17.2 Å². The number of rotatable bonds is 26. The van der Waals surface area contributed by atoms with Crippen molar-refractivity contribution in [1.29, 1.82) is 0 Å². The smallest absolute Gasteiger partial charge is 0.460 e. The third kappa shape index (κ3) is 13.2. The lowest BCUT2D eigenvalue weighted by Crippen LogP contribution is -2.41. The van der Waals surface area contributed by atoms with Crippen LogP contribution in [0, 0.1) is 5.82 Å². The molecule has 3 rings (SSSR count). The normalized spacial score (nSPS) is 12.6. The zero-order valence-corrected chi connectivity index (χ0v) is 32.7. The molecule has 0 saturated carbocycles. The maximum Gasteiger partial charge on any atom is 0.466 e. The highest BCUT2D eigenvalue weighted by Gasteiger charge is 2.58. The zero-order chi connectivity index (χ0) is 36.1. The maximum atomic E-state index is 15.4. The largest absolute Gasteiger partial charge is 0.466 e. The minimum Gasteiger partial charge on any atom is -0.460 e. The van der Waals surface area contributed by atoms with Crippen molar-refractivity contribution in [2.45, 2.75) is 129 Å². The molecule has 5 nitrogen and oxygen atoms in total. The predicted octanol–water partition coefficient (Wildman–Crippen LogP) is 12.6. The summed E-state index contributed by atoms with van der Waals surface area (Å²) in [4.78, 5) is 13.3. The molecule has 0 N–H and O–H groups in total. The summed E-state index contributed by atoms with van der Waals surface area (Å²) in [6.07, 6.45) is 19.8. The number of benzene rings is 3. The Morgan fingerprint density at radius 2 is 0.920 bits per heavy atom. The molecule has 50 heavy (non-hydrogen) atoms. The molecule has 278 valence electrons. The Morgan fingerprint density at radius 3 is 1.32 bits per heavy atom. The molecular formula is C39H52F3IO5S2. The van der Waals surface area contributed by atoms with E-state index in [2.05, 4.69) is 22.6 Å². The second-order valence-electron chi connectivity index (χ2n) is 12.5. The molecule has 0 saturated heterocycles. The van der Waals surface area contributed by atoms with Crippen LogP contribution in [0.2, 0.25) is 0 Å².